The molecule has 0 aliphatic carbocycles. The standard InChI is InChI=1S/C35H21F4N2O3PS/c1-18-8-3-5-12-24(18)45(25-13-6-4-9-19(25)2)26-15-14-23-20(16-17-44-23)27(26)35-40-22-11-7-10-21-28-29(36)30(37)31(38)32(39)34(28)46(42,43)41(35)33(21)22/h3-17H,1-2H3. The summed E-state index contributed by atoms with van der Waals surface area (Å²) in [5.74, 6) is -8.19. The molecule has 0 amide bonds. The molecule has 0 N–H and O–H groups in total. The number of rotatable bonds is 4. The number of nitrogens with zero attached hydrogens (tertiary/aromatic N) is 2. The molecule has 2 aromatic heterocycles. The minimum atomic E-state index is -5.07. The number of halogens is 4. The highest BCUT2D eigenvalue weighted by molar-refractivity contribution is 7.90. The summed E-state index contributed by atoms with van der Waals surface area (Å²) >= 11 is 0. The minimum absolute atomic E-state index is 0.0723. The third-order valence-electron chi connectivity index (χ3n) is 8.42. The van der Waals surface area contributed by atoms with Gasteiger partial charge in [-0.1, -0.05) is 60.7 Å². The molecule has 7 aromatic rings. The predicted octanol–water partition coefficient (Wildman–Crippen LogP) is 7.60. The van der Waals surface area contributed by atoms with E-state index in [1.165, 1.54) is 24.5 Å². The summed E-state index contributed by atoms with van der Waals surface area (Å²) in [6.45, 7) is 4.01. The number of hydrogen-bond donors (Lipinski definition) is 0. The van der Waals surface area contributed by atoms with Gasteiger partial charge in [-0.2, -0.15) is 0 Å². The van der Waals surface area contributed by atoms with Crippen LogP contribution in [0.2, 0.25) is 0 Å². The van der Waals surface area contributed by atoms with Crippen LogP contribution in [0.25, 0.3) is 44.5 Å². The molecule has 1 aliphatic rings. The number of furan rings is 1. The molecule has 0 saturated heterocycles. The van der Waals surface area contributed by atoms with Crippen molar-refractivity contribution in [2.24, 2.45) is 0 Å². The van der Waals surface area contributed by atoms with Crippen LogP contribution in [-0.2, 0) is 10.0 Å². The summed E-state index contributed by atoms with van der Waals surface area (Å²) in [7, 11) is -6.43. The first kappa shape index (κ1) is 28.7. The first-order chi connectivity index (χ1) is 22.1. The Labute approximate surface area is 261 Å². The van der Waals surface area contributed by atoms with Gasteiger partial charge in [-0.05, 0) is 73.1 Å². The van der Waals surface area contributed by atoms with E-state index >= 15 is 8.78 Å². The zero-order chi connectivity index (χ0) is 32.1. The van der Waals surface area contributed by atoms with E-state index in [9.17, 15) is 17.2 Å². The lowest BCUT2D eigenvalue weighted by Crippen LogP contribution is -2.27. The van der Waals surface area contributed by atoms with Crippen molar-refractivity contribution in [3.05, 3.63) is 126 Å². The second-order valence-electron chi connectivity index (χ2n) is 11.0. The largest absolute Gasteiger partial charge is 0.464 e. The number of imidazole rings is 1. The van der Waals surface area contributed by atoms with Crippen LogP contribution in [0.4, 0.5) is 17.6 Å². The SMILES string of the molecule is Cc1ccccc1P(c1ccccc1C)c1ccc2occc2c1-c1nc2cccc3c2n1S(=O)(=O)c1c(F)c(F)c(F)c(F)c1-3. The van der Waals surface area contributed by atoms with Crippen molar-refractivity contribution in [3.63, 3.8) is 0 Å². The minimum Gasteiger partial charge on any atom is -0.464 e. The molecule has 1 aliphatic heterocycles. The Morgan fingerprint density at radius 3 is 2.02 bits per heavy atom. The summed E-state index contributed by atoms with van der Waals surface area (Å²) in [5.41, 5.74) is 1.96. The van der Waals surface area contributed by atoms with Gasteiger partial charge in [0.15, 0.2) is 29.1 Å². The molecule has 8 rings (SSSR count). The number of aromatic nitrogens is 2. The Balaban J connectivity index is 1.55. The van der Waals surface area contributed by atoms with Gasteiger partial charge in [0.2, 0.25) is 0 Å². The van der Waals surface area contributed by atoms with E-state index < -0.39 is 51.7 Å². The lowest BCUT2D eigenvalue weighted by Gasteiger charge is -2.26. The lowest BCUT2D eigenvalue weighted by molar-refractivity contribution is 0.398. The molecule has 0 unspecified atom stereocenters. The van der Waals surface area contributed by atoms with Crippen LogP contribution in [-0.4, -0.2) is 17.4 Å². The maximum Gasteiger partial charge on any atom is 0.273 e. The van der Waals surface area contributed by atoms with Crippen molar-refractivity contribution in [2.75, 3.05) is 0 Å². The van der Waals surface area contributed by atoms with Crippen molar-refractivity contribution in [3.8, 4) is 22.5 Å². The summed E-state index contributed by atoms with van der Waals surface area (Å²) in [4.78, 5) is 3.47. The Morgan fingerprint density at radius 2 is 1.35 bits per heavy atom. The van der Waals surface area contributed by atoms with Crippen molar-refractivity contribution in [2.45, 2.75) is 18.7 Å². The highest BCUT2D eigenvalue weighted by Gasteiger charge is 2.42. The van der Waals surface area contributed by atoms with Crippen LogP contribution in [0, 0.1) is 37.1 Å². The van der Waals surface area contributed by atoms with E-state index in [4.69, 9.17) is 9.40 Å². The van der Waals surface area contributed by atoms with Gasteiger partial charge < -0.3 is 4.42 Å². The number of benzene rings is 5. The number of fused-ring (bicyclic) bond motifs is 3. The van der Waals surface area contributed by atoms with Gasteiger partial charge in [-0.15, -0.1) is 0 Å². The van der Waals surface area contributed by atoms with E-state index in [0.717, 1.165) is 31.0 Å². The third kappa shape index (κ3) is 3.83. The van der Waals surface area contributed by atoms with Crippen molar-refractivity contribution < 1.29 is 30.4 Å². The topological polar surface area (TPSA) is 65.1 Å². The molecule has 3 heterocycles. The molecule has 0 bridgehead atoms. The number of hydrogen-bond acceptors (Lipinski definition) is 4. The highest BCUT2D eigenvalue weighted by atomic mass is 32.2. The Bertz CT molecular complexity index is 2500. The maximum atomic E-state index is 15.5. The molecule has 11 heteroatoms. The Morgan fingerprint density at radius 1 is 0.696 bits per heavy atom. The maximum absolute atomic E-state index is 15.5. The van der Waals surface area contributed by atoms with Gasteiger partial charge >= 0.3 is 0 Å². The van der Waals surface area contributed by atoms with Crippen LogP contribution < -0.4 is 15.9 Å². The fourth-order valence-electron chi connectivity index (χ4n) is 6.35. The summed E-state index contributed by atoms with van der Waals surface area (Å²) in [6.07, 6.45) is 1.48. The van der Waals surface area contributed by atoms with Crippen molar-refractivity contribution >= 4 is 55.9 Å². The molecular weight excluding hydrogens is 635 g/mol. The van der Waals surface area contributed by atoms with E-state index in [-0.39, 0.29) is 22.4 Å². The van der Waals surface area contributed by atoms with Gasteiger partial charge in [-0.3, -0.25) is 0 Å². The second-order valence-corrected chi connectivity index (χ2v) is 14.9. The van der Waals surface area contributed by atoms with Crippen LogP contribution in [0.15, 0.2) is 101 Å². The van der Waals surface area contributed by atoms with Gasteiger partial charge in [0.05, 0.1) is 17.3 Å². The molecule has 0 saturated carbocycles. The molecule has 228 valence electrons. The predicted molar refractivity (Wildman–Crippen MR) is 171 cm³/mol. The Hall–Kier alpha value is -4.79. The normalized spacial score (nSPS) is 13.5. The van der Waals surface area contributed by atoms with E-state index in [1.807, 2.05) is 68.4 Å². The molecule has 0 fully saturated rings. The zero-order valence-corrected chi connectivity index (χ0v) is 25.9. The van der Waals surface area contributed by atoms with Gasteiger partial charge in [0, 0.05) is 22.1 Å². The molecular formula is C35H21F4N2O3PS. The van der Waals surface area contributed by atoms with Gasteiger partial charge in [-0.25, -0.2) is 34.9 Å². The fraction of sp³-hybridized carbons (Fsp3) is 0.0571. The first-order valence-electron chi connectivity index (χ1n) is 14.2. The zero-order valence-electron chi connectivity index (χ0n) is 24.1. The molecule has 0 atom stereocenters. The fourth-order valence-corrected chi connectivity index (χ4v) is 10.9. The summed E-state index contributed by atoms with van der Waals surface area (Å²) in [5, 5.41) is 3.31. The highest BCUT2D eigenvalue weighted by Crippen LogP contribution is 2.48. The van der Waals surface area contributed by atoms with Gasteiger partial charge in [0.25, 0.3) is 10.0 Å². The third-order valence-corrected chi connectivity index (χ3v) is 13.0. The smallest absolute Gasteiger partial charge is 0.273 e. The average Bonchev–Trinajstić information content (AvgIpc) is 3.68. The summed E-state index contributed by atoms with van der Waals surface area (Å²) in [6, 6.07) is 25.6. The lowest BCUT2D eigenvalue weighted by atomic mass is 10.0. The molecule has 5 aromatic carbocycles. The number of aryl methyl sites for hydroxylation is 2. The van der Waals surface area contributed by atoms with Gasteiger partial charge in [0.1, 0.15) is 10.5 Å². The molecule has 0 radical (unpaired) electrons. The average molecular weight is 657 g/mol. The van der Waals surface area contributed by atoms with Crippen LogP contribution in [0.5, 0.6) is 0 Å². The molecule has 46 heavy (non-hydrogen) atoms. The number of para-hydroxylation sites is 1. The quantitative estimate of drug-likeness (QED) is 0.0848. The molecule has 5 nitrogen and oxygen atoms in total. The van der Waals surface area contributed by atoms with E-state index in [0.29, 0.717) is 16.5 Å². The van der Waals surface area contributed by atoms with Crippen molar-refractivity contribution in [1.29, 1.82) is 0 Å². The van der Waals surface area contributed by atoms with Crippen molar-refractivity contribution in [1.82, 2.24) is 8.96 Å². The second kappa shape index (κ2) is 10.1. The van der Waals surface area contributed by atoms with Crippen LogP contribution >= 0.6 is 7.92 Å². The Kier molecular flexibility index (Phi) is 6.30. The van der Waals surface area contributed by atoms with Crippen LogP contribution in [0.1, 0.15) is 11.1 Å². The summed E-state index contributed by atoms with van der Waals surface area (Å²) < 4.78 is 95.3. The first-order valence-corrected chi connectivity index (χ1v) is 16.9. The molecule has 0 spiro atoms. The van der Waals surface area contributed by atoms with E-state index in [2.05, 4.69) is 0 Å². The van der Waals surface area contributed by atoms with E-state index in [1.54, 1.807) is 12.1 Å². The monoisotopic (exact) mass is 656 g/mol. The van der Waals surface area contributed by atoms with Crippen LogP contribution in [0.3, 0.4) is 0 Å².